The van der Waals surface area contributed by atoms with Crippen molar-refractivity contribution in [3.8, 4) is 12.3 Å². The largest absolute Gasteiger partial charge is 0.458 e. The number of terminal acetylenes is 1. The van der Waals surface area contributed by atoms with Crippen molar-refractivity contribution in [3.05, 3.63) is 11.6 Å². The molecule has 0 saturated heterocycles. The Bertz CT molecular complexity index is 653. The Balaban J connectivity index is 3.03. The minimum Gasteiger partial charge on any atom is -0.458 e. The van der Waals surface area contributed by atoms with E-state index in [0.29, 0.717) is 12.2 Å². The second kappa shape index (κ2) is 10.5. The lowest BCUT2D eigenvalue weighted by atomic mass is 9.87. The van der Waals surface area contributed by atoms with Crippen LogP contribution in [0.2, 0.25) is 18.1 Å². The third kappa shape index (κ3) is 8.05. The molecule has 0 radical (unpaired) electrons. The van der Waals surface area contributed by atoms with Crippen molar-refractivity contribution in [2.45, 2.75) is 84.6 Å². The van der Waals surface area contributed by atoms with Gasteiger partial charge in [0, 0.05) is 24.8 Å². The maximum atomic E-state index is 12.4. The summed E-state index contributed by atoms with van der Waals surface area (Å²) in [5.74, 6) is 1.63. The number of esters is 1. The van der Waals surface area contributed by atoms with Crippen LogP contribution in [0.3, 0.4) is 0 Å². The van der Waals surface area contributed by atoms with E-state index in [1.54, 1.807) is 6.08 Å². The first-order valence-corrected chi connectivity index (χ1v) is 13.0. The third-order valence-electron chi connectivity index (χ3n) is 5.34. The van der Waals surface area contributed by atoms with Gasteiger partial charge in [-0.1, -0.05) is 26.7 Å². The molecule has 1 heterocycles. The van der Waals surface area contributed by atoms with Crippen molar-refractivity contribution in [2.24, 2.45) is 5.92 Å². The van der Waals surface area contributed by atoms with Gasteiger partial charge in [0.1, 0.15) is 6.61 Å². The standard InChI is InChI=1S/C22H36O6Si/c1-10-17-11-21(27-15(2)3)28-20(14-26-29(8,9)22(5,6)7)19(17)12-18(24)13-25-16(4)23/h1,11,15,19-21H,12-14H2,2-9H3/t19-,20+,21-/m0/s1. The Morgan fingerprint density at radius 2 is 1.93 bits per heavy atom. The van der Waals surface area contributed by atoms with Gasteiger partial charge in [-0.3, -0.25) is 9.59 Å². The second-order valence-electron chi connectivity index (χ2n) is 9.19. The quantitative estimate of drug-likeness (QED) is 0.318. The number of ether oxygens (including phenoxy) is 3. The summed E-state index contributed by atoms with van der Waals surface area (Å²) in [6.07, 6.45) is 6.54. The van der Waals surface area contributed by atoms with Gasteiger partial charge in [-0.05, 0) is 38.1 Å². The monoisotopic (exact) mass is 424 g/mol. The van der Waals surface area contributed by atoms with Gasteiger partial charge < -0.3 is 18.6 Å². The summed E-state index contributed by atoms with van der Waals surface area (Å²) in [6, 6.07) is 0. The molecule has 7 heteroatoms. The van der Waals surface area contributed by atoms with Gasteiger partial charge in [-0.15, -0.1) is 6.42 Å². The molecule has 0 N–H and O–H groups in total. The smallest absolute Gasteiger partial charge is 0.303 e. The average Bonchev–Trinajstić information content (AvgIpc) is 2.58. The molecular formula is C22H36O6Si. The van der Waals surface area contributed by atoms with E-state index in [0.717, 1.165) is 0 Å². The molecule has 0 aromatic rings. The predicted molar refractivity (Wildman–Crippen MR) is 115 cm³/mol. The predicted octanol–water partition coefficient (Wildman–Crippen LogP) is 3.86. The number of carbonyl (C=O) groups is 2. The van der Waals surface area contributed by atoms with Crippen LogP contribution in [0.15, 0.2) is 11.6 Å². The van der Waals surface area contributed by atoms with Crippen molar-refractivity contribution in [2.75, 3.05) is 13.2 Å². The highest BCUT2D eigenvalue weighted by Crippen LogP contribution is 2.38. The van der Waals surface area contributed by atoms with Gasteiger partial charge in [-0.25, -0.2) is 0 Å². The van der Waals surface area contributed by atoms with E-state index in [4.69, 9.17) is 25.1 Å². The molecule has 0 aliphatic carbocycles. The average molecular weight is 425 g/mol. The first kappa shape index (κ1) is 25.6. The van der Waals surface area contributed by atoms with E-state index in [9.17, 15) is 9.59 Å². The molecule has 0 aromatic carbocycles. The fraction of sp³-hybridized carbons (Fsp3) is 0.727. The summed E-state index contributed by atoms with van der Waals surface area (Å²) in [4.78, 5) is 23.4. The first-order valence-electron chi connectivity index (χ1n) is 10.0. The molecule has 6 nitrogen and oxygen atoms in total. The van der Waals surface area contributed by atoms with Gasteiger partial charge in [0.2, 0.25) is 0 Å². The van der Waals surface area contributed by atoms with E-state index in [-0.39, 0.29) is 35.9 Å². The molecule has 1 aliphatic heterocycles. The van der Waals surface area contributed by atoms with Crippen LogP contribution in [0, 0.1) is 18.3 Å². The summed E-state index contributed by atoms with van der Waals surface area (Å²) >= 11 is 0. The Labute approximate surface area is 176 Å². The highest BCUT2D eigenvalue weighted by atomic mass is 28.4. The maximum absolute atomic E-state index is 12.4. The number of Topliss-reactive ketones (excluding diaryl/α,β-unsaturated/α-hetero) is 1. The van der Waals surface area contributed by atoms with E-state index < -0.39 is 26.7 Å². The van der Waals surface area contributed by atoms with Crippen LogP contribution in [-0.2, 0) is 28.2 Å². The molecule has 164 valence electrons. The van der Waals surface area contributed by atoms with Gasteiger partial charge in [0.15, 0.2) is 20.4 Å². The van der Waals surface area contributed by atoms with Crippen LogP contribution >= 0.6 is 0 Å². The fourth-order valence-corrected chi connectivity index (χ4v) is 3.68. The molecule has 0 saturated carbocycles. The Kier molecular flexibility index (Phi) is 9.29. The molecule has 0 aromatic heterocycles. The summed E-state index contributed by atoms with van der Waals surface area (Å²) in [7, 11) is -2.02. The van der Waals surface area contributed by atoms with Crippen LogP contribution < -0.4 is 0 Å². The lowest BCUT2D eigenvalue weighted by Gasteiger charge is -2.40. The van der Waals surface area contributed by atoms with Crippen molar-refractivity contribution in [1.82, 2.24) is 0 Å². The van der Waals surface area contributed by atoms with E-state index >= 15 is 0 Å². The van der Waals surface area contributed by atoms with E-state index in [1.807, 2.05) is 13.8 Å². The van der Waals surface area contributed by atoms with Crippen LogP contribution in [0.5, 0.6) is 0 Å². The minimum absolute atomic E-state index is 0.0422. The number of hydrogen-bond acceptors (Lipinski definition) is 6. The molecule has 0 unspecified atom stereocenters. The van der Waals surface area contributed by atoms with Crippen LogP contribution in [0.1, 0.15) is 48.0 Å². The molecule has 0 amide bonds. The molecular weight excluding hydrogens is 388 g/mol. The number of ketones is 1. The second-order valence-corrected chi connectivity index (χ2v) is 14.0. The number of rotatable bonds is 9. The molecule has 0 bridgehead atoms. The summed E-state index contributed by atoms with van der Waals surface area (Å²) in [5, 5.41) is 0.0426. The zero-order chi connectivity index (χ0) is 22.4. The highest BCUT2D eigenvalue weighted by molar-refractivity contribution is 6.74. The van der Waals surface area contributed by atoms with E-state index in [1.165, 1.54) is 6.92 Å². The van der Waals surface area contributed by atoms with E-state index in [2.05, 4.69) is 39.8 Å². The lowest BCUT2D eigenvalue weighted by molar-refractivity contribution is -0.185. The summed E-state index contributed by atoms with van der Waals surface area (Å²) < 4.78 is 23.1. The van der Waals surface area contributed by atoms with Gasteiger partial charge in [-0.2, -0.15) is 0 Å². The normalized spacial score (nSPS) is 22.8. The molecule has 29 heavy (non-hydrogen) atoms. The highest BCUT2D eigenvalue weighted by Gasteiger charge is 2.40. The Morgan fingerprint density at radius 3 is 2.41 bits per heavy atom. The zero-order valence-corrected chi connectivity index (χ0v) is 20.0. The fourth-order valence-electron chi connectivity index (χ4n) is 2.66. The number of hydrogen-bond donors (Lipinski definition) is 0. The Hall–Kier alpha value is -1.46. The van der Waals surface area contributed by atoms with Crippen molar-refractivity contribution in [1.29, 1.82) is 0 Å². The number of carbonyl (C=O) groups excluding carboxylic acids is 2. The lowest BCUT2D eigenvalue weighted by Crippen LogP contribution is -2.46. The van der Waals surface area contributed by atoms with Gasteiger partial charge in [0.25, 0.3) is 0 Å². The van der Waals surface area contributed by atoms with Gasteiger partial charge >= 0.3 is 5.97 Å². The molecule has 1 aliphatic rings. The topological polar surface area (TPSA) is 71.1 Å². The summed E-state index contributed by atoms with van der Waals surface area (Å²) in [6.45, 7) is 16.0. The third-order valence-corrected chi connectivity index (χ3v) is 9.85. The molecule has 0 spiro atoms. The minimum atomic E-state index is -2.02. The first-order chi connectivity index (χ1) is 13.3. The zero-order valence-electron chi connectivity index (χ0n) is 19.0. The van der Waals surface area contributed by atoms with Crippen LogP contribution in [0.4, 0.5) is 0 Å². The van der Waals surface area contributed by atoms with Crippen molar-refractivity contribution in [3.63, 3.8) is 0 Å². The van der Waals surface area contributed by atoms with Gasteiger partial charge in [0.05, 0.1) is 18.8 Å². The van der Waals surface area contributed by atoms with Crippen LogP contribution in [0.25, 0.3) is 0 Å². The SMILES string of the molecule is C#CC1=C[C@@H](OC(C)C)O[C@H](CO[Si](C)(C)C(C)(C)C)[C@H]1CC(=O)COC(C)=O. The van der Waals surface area contributed by atoms with Crippen LogP contribution in [-0.4, -0.2) is 51.8 Å². The maximum Gasteiger partial charge on any atom is 0.303 e. The molecule has 1 rings (SSSR count). The van der Waals surface area contributed by atoms with Crippen molar-refractivity contribution >= 4 is 20.1 Å². The summed E-state index contributed by atoms with van der Waals surface area (Å²) in [5.41, 5.74) is 0.655. The molecule has 3 atom stereocenters. The van der Waals surface area contributed by atoms with Crippen molar-refractivity contribution < 1.29 is 28.2 Å². The Morgan fingerprint density at radius 1 is 1.31 bits per heavy atom. The molecule has 0 fully saturated rings.